The molecule has 1 aliphatic heterocycles. The second-order valence-corrected chi connectivity index (χ2v) is 9.44. The van der Waals surface area contributed by atoms with Crippen LogP contribution in [0.15, 0.2) is 71.2 Å². The highest BCUT2D eigenvalue weighted by Crippen LogP contribution is 2.33. The van der Waals surface area contributed by atoms with E-state index in [0.29, 0.717) is 25.2 Å². The van der Waals surface area contributed by atoms with Gasteiger partial charge in [-0.1, -0.05) is 36.9 Å². The zero-order chi connectivity index (χ0) is 24.8. The van der Waals surface area contributed by atoms with Gasteiger partial charge in [0.15, 0.2) is 5.79 Å². The minimum absolute atomic E-state index is 0.0218. The van der Waals surface area contributed by atoms with Crippen molar-refractivity contribution in [3.63, 3.8) is 0 Å². The summed E-state index contributed by atoms with van der Waals surface area (Å²) in [5, 5.41) is 1.05. The maximum absolute atomic E-state index is 11.5. The molecule has 0 bridgehead atoms. The van der Waals surface area contributed by atoms with Crippen LogP contribution in [-0.2, 0) is 19.0 Å². The van der Waals surface area contributed by atoms with E-state index in [2.05, 4.69) is 6.58 Å². The second kappa shape index (κ2) is 11.1. The lowest BCUT2D eigenvalue weighted by atomic mass is 10.0. The van der Waals surface area contributed by atoms with E-state index in [1.807, 2.05) is 68.4 Å². The predicted octanol–water partition coefficient (Wildman–Crippen LogP) is 6.68. The molecule has 0 saturated carbocycles. The van der Waals surface area contributed by atoms with Crippen molar-refractivity contribution in [3.05, 3.63) is 66.7 Å². The van der Waals surface area contributed by atoms with Gasteiger partial charge in [0.2, 0.25) is 0 Å². The zero-order valence-corrected chi connectivity index (χ0v) is 20.8. The largest absolute Gasteiger partial charge is 0.493 e. The lowest BCUT2D eigenvalue weighted by Crippen LogP contribution is -2.24. The Bertz CT molecular complexity index is 1150. The van der Waals surface area contributed by atoms with E-state index >= 15 is 0 Å². The van der Waals surface area contributed by atoms with Gasteiger partial charge in [-0.15, -0.1) is 0 Å². The number of esters is 1. The lowest BCUT2D eigenvalue weighted by molar-refractivity contribution is -0.148. The molecule has 0 N–H and O–H groups in total. The molecule has 0 spiro atoms. The van der Waals surface area contributed by atoms with E-state index in [1.165, 1.54) is 0 Å². The summed E-state index contributed by atoms with van der Waals surface area (Å²) in [5.41, 5.74) is 2.27. The molecule has 186 valence electrons. The molecule has 0 radical (unpaired) electrons. The summed E-state index contributed by atoms with van der Waals surface area (Å²) in [4.78, 5) is 11.5. The number of benzene rings is 2. The van der Waals surface area contributed by atoms with Gasteiger partial charge in [-0.25, -0.2) is 4.79 Å². The van der Waals surface area contributed by atoms with Gasteiger partial charge >= 0.3 is 5.97 Å². The number of furan rings is 1. The fourth-order valence-corrected chi connectivity index (χ4v) is 4.29. The second-order valence-electron chi connectivity index (χ2n) is 9.44. The molecule has 6 nitrogen and oxygen atoms in total. The van der Waals surface area contributed by atoms with Gasteiger partial charge in [0.05, 0.1) is 25.4 Å². The minimum Gasteiger partial charge on any atom is -0.493 e. The molecule has 2 unspecified atom stereocenters. The summed E-state index contributed by atoms with van der Waals surface area (Å²) in [6.07, 6.45) is 3.06. The molecule has 1 fully saturated rings. The molecule has 0 aliphatic carbocycles. The number of rotatable bonds is 11. The van der Waals surface area contributed by atoms with Crippen LogP contribution in [0, 0.1) is 0 Å². The Kier molecular flexibility index (Phi) is 7.93. The van der Waals surface area contributed by atoms with Crippen molar-refractivity contribution >= 4 is 16.9 Å². The van der Waals surface area contributed by atoms with Crippen LogP contribution in [0.5, 0.6) is 5.75 Å². The Morgan fingerprint density at radius 1 is 0.971 bits per heavy atom. The third-order valence-electron chi connectivity index (χ3n) is 5.95. The topological polar surface area (TPSA) is 67.1 Å². The molecule has 2 aromatic carbocycles. The van der Waals surface area contributed by atoms with Crippen LogP contribution in [0.25, 0.3) is 22.3 Å². The van der Waals surface area contributed by atoms with E-state index < -0.39 is 5.79 Å². The Morgan fingerprint density at radius 3 is 2.34 bits per heavy atom. The fraction of sp³-hybridized carbons (Fsp3) is 0.414. The molecular formula is C29H34O6. The van der Waals surface area contributed by atoms with Crippen LogP contribution in [0.3, 0.4) is 0 Å². The van der Waals surface area contributed by atoms with Crippen molar-refractivity contribution < 1.29 is 28.2 Å². The summed E-state index contributed by atoms with van der Waals surface area (Å²) >= 11 is 0. The number of carbonyl (C=O) groups is 1. The van der Waals surface area contributed by atoms with Crippen molar-refractivity contribution in [2.24, 2.45) is 0 Å². The summed E-state index contributed by atoms with van der Waals surface area (Å²) in [7, 11) is 0. The standard InChI is InChI=1S/C29H34O6/c1-20(2)28(30)32-17-9-13-25-24(34-29(3,4)35-25)12-8-16-31-23-15-14-22-18-26(33-27(22)19-23)21-10-6-5-7-11-21/h5-7,10-11,14-15,18-19,24-25H,1,8-9,12-13,16-17H2,2-4H3. The molecule has 4 rings (SSSR count). The van der Waals surface area contributed by atoms with Gasteiger partial charge in [-0.05, 0) is 64.7 Å². The van der Waals surface area contributed by atoms with Crippen molar-refractivity contribution in [1.82, 2.24) is 0 Å². The third kappa shape index (κ3) is 6.74. The molecule has 6 heteroatoms. The third-order valence-corrected chi connectivity index (χ3v) is 5.95. The minimum atomic E-state index is -0.620. The van der Waals surface area contributed by atoms with Crippen molar-refractivity contribution in [3.8, 4) is 17.1 Å². The van der Waals surface area contributed by atoms with Crippen LogP contribution >= 0.6 is 0 Å². The Morgan fingerprint density at radius 2 is 1.66 bits per heavy atom. The highest BCUT2D eigenvalue weighted by molar-refractivity contribution is 5.87. The summed E-state index contributed by atoms with van der Waals surface area (Å²) < 4.78 is 29.4. The van der Waals surface area contributed by atoms with Crippen molar-refractivity contribution in [1.29, 1.82) is 0 Å². The quantitative estimate of drug-likeness (QED) is 0.174. The predicted molar refractivity (Wildman–Crippen MR) is 135 cm³/mol. The molecule has 1 aromatic heterocycles. The van der Waals surface area contributed by atoms with E-state index in [9.17, 15) is 4.79 Å². The summed E-state index contributed by atoms with van der Waals surface area (Å²) in [5.74, 6) is 0.655. The maximum Gasteiger partial charge on any atom is 0.333 e. The van der Waals surface area contributed by atoms with Gasteiger partial charge in [0, 0.05) is 22.6 Å². The SMILES string of the molecule is C=C(C)C(=O)OCCCC1OC(C)(C)OC1CCCOc1ccc2cc(-c3ccccc3)oc2c1. The summed E-state index contributed by atoms with van der Waals surface area (Å²) in [6, 6.07) is 18.0. The van der Waals surface area contributed by atoms with Crippen LogP contribution in [-0.4, -0.2) is 37.2 Å². The van der Waals surface area contributed by atoms with Gasteiger partial charge < -0.3 is 23.4 Å². The smallest absolute Gasteiger partial charge is 0.333 e. The van der Waals surface area contributed by atoms with E-state index in [-0.39, 0.29) is 18.2 Å². The van der Waals surface area contributed by atoms with Gasteiger partial charge in [-0.2, -0.15) is 0 Å². The maximum atomic E-state index is 11.5. The number of hydrogen-bond acceptors (Lipinski definition) is 6. The number of hydrogen-bond donors (Lipinski definition) is 0. The van der Waals surface area contributed by atoms with Crippen LogP contribution in [0.4, 0.5) is 0 Å². The van der Waals surface area contributed by atoms with E-state index in [0.717, 1.165) is 47.3 Å². The molecule has 2 atom stereocenters. The first kappa shape index (κ1) is 25.0. The molecular weight excluding hydrogens is 444 g/mol. The van der Waals surface area contributed by atoms with Crippen LogP contribution in [0.2, 0.25) is 0 Å². The van der Waals surface area contributed by atoms with E-state index in [1.54, 1.807) is 6.92 Å². The highest BCUT2D eigenvalue weighted by atomic mass is 16.7. The number of fused-ring (bicyclic) bond motifs is 1. The van der Waals surface area contributed by atoms with Gasteiger partial charge in [-0.3, -0.25) is 0 Å². The molecule has 1 saturated heterocycles. The Hall–Kier alpha value is -3.09. The normalized spacial score (nSPS) is 19.1. The Balaban J connectivity index is 1.25. The number of ether oxygens (including phenoxy) is 4. The lowest BCUT2D eigenvalue weighted by Gasteiger charge is -2.17. The van der Waals surface area contributed by atoms with Crippen LogP contribution in [0.1, 0.15) is 46.5 Å². The van der Waals surface area contributed by atoms with Gasteiger partial charge in [0.1, 0.15) is 17.1 Å². The molecule has 2 heterocycles. The van der Waals surface area contributed by atoms with Crippen molar-refractivity contribution in [2.75, 3.05) is 13.2 Å². The zero-order valence-electron chi connectivity index (χ0n) is 20.8. The first-order chi connectivity index (χ1) is 16.8. The summed E-state index contributed by atoms with van der Waals surface area (Å²) in [6.45, 7) is 10.0. The first-order valence-corrected chi connectivity index (χ1v) is 12.2. The Labute approximate surface area is 206 Å². The van der Waals surface area contributed by atoms with Crippen LogP contribution < -0.4 is 4.74 Å². The molecule has 0 amide bonds. The average Bonchev–Trinajstić information content (AvgIpc) is 3.39. The molecule has 35 heavy (non-hydrogen) atoms. The van der Waals surface area contributed by atoms with Crippen molar-refractivity contribution in [2.45, 2.75) is 64.4 Å². The molecule has 3 aromatic rings. The average molecular weight is 479 g/mol. The monoisotopic (exact) mass is 478 g/mol. The van der Waals surface area contributed by atoms with Gasteiger partial charge in [0.25, 0.3) is 0 Å². The highest BCUT2D eigenvalue weighted by Gasteiger charge is 2.40. The fourth-order valence-electron chi connectivity index (χ4n) is 4.29. The van der Waals surface area contributed by atoms with E-state index in [4.69, 9.17) is 23.4 Å². The number of carbonyl (C=O) groups excluding carboxylic acids is 1. The molecule has 1 aliphatic rings. The first-order valence-electron chi connectivity index (χ1n) is 12.2.